The Kier molecular flexibility index (Phi) is 5.02. The lowest BCUT2D eigenvalue weighted by Crippen LogP contribution is -2.42. The summed E-state index contributed by atoms with van der Waals surface area (Å²) in [6.45, 7) is 0.609. The predicted octanol–water partition coefficient (Wildman–Crippen LogP) is 0.891. The fourth-order valence-corrected chi connectivity index (χ4v) is 4.10. The van der Waals surface area contributed by atoms with Gasteiger partial charge >= 0.3 is 5.97 Å². The van der Waals surface area contributed by atoms with Gasteiger partial charge in [0.15, 0.2) is 0 Å². The highest BCUT2D eigenvalue weighted by Gasteiger charge is 2.37. The molecule has 8 heteroatoms. The average molecular weight is 315 g/mol. The maximum Gasteiger partial charge on any atom is 0.306 e. The van der Waals surface area contributed by atoms with Crippen LogP contribution in [0.5, 0.6) is 0 Å². The zero-order chi connectivity index (χ0) is 15.5. The zero-order valence-electron chi connectivity index (χ0n) is 12.3. The minimum Gasteiger partial charge on any atom is -0.469 e. The summed E-state index contributed by atoms with van der Waals surface area (Å²) < 4.78 is 32.5. The third-order valence-electron chi connectivity index (χ3n) is 3.73. The number of nitrogens with one attached hydrogen (secondary N) is 1. The van der Waals surface area contributed by atoms with Crippen LogP contribution in [0.1, 0.15) is 31.0 Å². The Morgan fingerprint density at radius 3 is 2.95 bits per heavy atom. The first-order valence-corrected chi connectivity index (χ1v) is 8.29. The van der Waals surface area contributed by atoms with Gasteiger partial charge in [-0.05, 0) is 25.0 Å². The second-order valence-electron chi connectivity index (χ2n) is 5.05. The van der Waals surface area contributed by atoms with Gasteiger partial charge in [-0.3, -0.25) is 4.79 Å². The van der Waals surface area contributed by atoms with Crippen molar-refractivity contribution in [2.45, 2.75) is 25.3 Å². The molecule has 7 nitrogen and oxygen atoms in total. The third-order valence-corrected chi connectivity index (χ3v) is 5.73. The molecule has 0 saturated carbocycles. The van der Waals surface area contributed by atoms with E-state index in [0.717, 1.165) is 18.5 Å². The minimum atomic E-state index is -3.58. The second-order valence-corrected chi connectivity index (χ2v) is 7.04. The lowest BCUT2D eigenvalue weighted by Gasteiger charge is -2.28. The van der Waals surface area contributed by atoms with Gasteiger partial charge in [0.1, 0.15) is 0 Å². The molecule has 1 atom stereocenters. The van der Waals surface area contributed by atoms with Crippen molar-refractivity contribution in [1.82, 2.24) is 13.6 Å². The van der Waals surface area contributed by atoms with Gasteiger partial charge in [0.25, 0.3) is 10.2 Å². The molecule has 0 amide bonds. The molecule has 1 fully saturated rings. The maximum atomic E-state index is 12.6. The van der Waals surface area contributed by atoms with E-state index in [2.05, 4.69) is 9.72 Å². The number of H-pyrrole nitrogens is 1. The predicted molar refractivity (Wildman–Crippen MR) is 77.7 cm³/mol. The van der Waals surface area contributed by atoms with Crippen LogP contribution in [0.2, 0.25) is 0 Å². The molecular formula is C13H21N3O4S. The molecule has 1 aromatic rings. The monoisotopic (exact) mass is 315 g/mol. The fourth-order valence-electron chi connectivity index (χ4n) is 2.52. The summed E-state index contributed by atoms with van der Waals surface area (Å²) in [5, 5.41) is 0. The number of aromatic nitrogens is 1. The van der Waals surface area contributed by atoms with Crippen molar-refractivity contribution in [3.05, 3.63) is 24.0 Å². The highest BCUT2D eigenvalue weighted by Crippen LogP contribution is 2.34. The first-order valence-electron chi connectivity index (χ1n) is 6.90. The van der Waals surface area contributed by atoms with Gasteiger partial charge in [0.2, 0.25) is 0 Å². The van der Waals surface area contributed by atoms with Crippen molar-refractivity contribution in [3.8, 4) is 0 Å². The number of rotatable bonds is 6. The quantitative estimate of drug-likeness (QED) is 0.790. The standard InChI is InChI=1S/C13H21N3O4S/c1-15(10-7-13(17)20-2)21(18,19)16-9-4-6-12(16)11-5-3-8-14-11/h3,5,8,12,14H,4,6-7,9-10H2,1-2H3. The summed E-state index contributed by atoms with van der Waals surface area (Å²) in [6, 6.07) is 3.59. The molecule has 1 saturated heterocycles. The van der Waals surface area contributed by atoms with Crippen LogP contribution < -0.4 is 0 Å². The molecule has 0 bridgehead atoms. The van der Waals surface area contributed by atoms with Crippen molar-refractivity contribution < 1.29 is 17.9 Å². The lowest BCUT2D eigenvalue weighted by molar-refractivity contribution is -0.140. The molecule has 1 aromatic heterocycles. The van der Waals surface area contributed by atoms with E-state index in [4.69, 9.17) is 0 Å². The summed E-state index contributed by atoms with van der Waals surface area (Å²) in [5.74, 6) is -0.417. The summed E-state index contributed by atoms with van der Waals surface area (Å²) in [5.41, 5.74) is 0.900. The van der Waals surface area contributed by atoms with Crippen LogP contribution in [-0.4, -0.2) is 55.2 Å². The van der Waals surface area contributed by atoms with Gasteiger partial charge in [0, 0.05) is 32.0 Å². The Hall–Kier alpha value is -1.38. The van der Waals surface area contributed by atoms with Crippen LogP contribution in [0.4, 0.5) is 0 Å². The van der Waals surface area contributed by atoms with Gasteiger partial charge in [-0.1, -0.05) is 0 Å². The number of ether oxygens (including phenoxy) is 1. The number of aromatic amines is 1. The molecule has 0 aromatic carbocycles. The molecule has 0 aliphatic carbocycles. The SMILES string of the molecule is COC(=O)CCN(C)S(=O)(=O)N1CCCC1c1ccc[nH]1. The van der Waals surface area contributed by atoms with Gasteiger partial charge in [0.05, 0.1) is 19.6 Å². The molecule has 1 N–H and O–H groups in total. The molecule has 1 aliphatic rings. The molecular weight excluding hydrogens is 294 g/mol. The van der Waals surface area contributed by atoms with Gasteiger partial charge < -0.3 is 9.72 Å². The highest BCUT2D eigenvalue weighted by atomic mass is 32.2. The summed E-state index contributed by atoms with van der Waals surface area (Å²) in [6.07, 6.45) is 3.46. The van der Waals surface area contributed by atoms with Crippen LogP contribution >= 0.6 is 0 Å². The van der Waals surface area contributed by atoms with E-state index < -0.39 is 16.2 Å². The van der Waals surface area contributed by atoms with Crippen molar-refractivity contribution in [2.24, 2.45) is 0 Å². The number of hydrogen-bond acceptors (Lipinski definition) is 4. The van der Waals surface area contributed by atoms with E-state index in [-0.39, 0.29) is 19.0 Å². The van der Waals surface area contributed by atoms with Crippen LogP contribution in [0.25, 0.3) is 0 Å². The molecule has 0 spiro atoms. The largest absolute Gasteiger partial charge is 0.469 e. The first-order chi connectivity index (χ1) is 9.96. The van der Waals surface area contributed by atoms with Crippen LogP contribution in [0, 0.1) is 0 Å². The summed E-state index contributed by atoms with van der Waals surface area (Å²) >= 11 is 0. The smallest absolute Gasteiger partial charge is 0.306 e. The number of carbonyl (C=O) groups excluding carboxylic acids is 1. The van der Waals surface area contributed by atoms with Crippen LogP contribution in [0.3, 0.4) is 0 Å². The Morgan fingerprint density at radius 1 is 1.57 bits per heavy atom. The summed E-state index contributed by atoms with van der Waals surface area (Å²) in [4.78, 5) is 14.2. The number of carbonyl (C=O) groups is 1. The second kappa shape index (κ2) is 6.59. The Morgan fingerprint density at radius 2 is 2.33 bits per heavy atom. The Bertz CT molecular complexity index is 570. The van der Waals surface area contributed by atoms with E-state index in [9.17, 15) is 13.2 Å². The molecule has 118 valence electrons. The summed E-state index contributed by atoms with van der Waals surface area (Å²) in [7, 11) is -0.800. The number of hydrogen-bond donors (Lipinski definition) is 1. The molecule has 21 heavy (non-hydrogen) atoms. The highest BCUT2D eigenvalue weighted by molar-refractivity contribution is 7.86. The Labute approximate surface area is 125 Å². The number of nitrogens with zero attached hydrogens (tertiary/aromatic N) is 2. The van der Waals surface area contributed by atoms with Gasteiger partial charge in [-0.25, -0.2) is 0 Å². The van der Waals surface area contributed by atoms with Crippen LogP contribution in [-0.2, 0) is 19.7 Å². The van der Waals surface area contributed by atoms with Crippen molar-refractivity contribution in [2.75, 3.05) is 27.2 Å². The van der Waals surface area contributed by atoms with E-state index in [1.165, 1.54) is 22.8 Å². The molecule has 0 radical (unpaired) electrons. The van der Waals surface area contributed by atoms with E-state index in [1.54, 1.807) is 6.20 Å². The number of methoxy groups -OCH3 is 1. The van der Waals surface area contributed by atoms with E-state index in [1.807, 2.05) is 12.1 Å². The minimum absolute atomic E-state index is 0.0488. The first kappa shape index (κ1) is 16.0. The lowest BCUT2D eigenvalue weighted by atomic mass is 10.2. The topological polar surface area (TPSA) is 82.7 Å². The molecule has 1 unspecified atom stereocenters. The number of esters is 1. The third kappa shape index (κ3) is 3.45. The van der Waals surface area contributed by atoms with Crippen molar-refractivity contribution in [3.63, 3.8) is 0 Å². The zero-order valence-corrected chi connectivity index (χ0v) is 13.1. The molecule has 1 aliphatic heterocycles. The maximum absolute atomic E-state index is 12.6. The van der Waals surface area contributed by atoms with Gasteiger partial charge in [-0.2, -0.15) is 17.0 Å². The normalized spacial score (nSPS) is 20.0. The molecule has 2 heterocycles. The van der Waals surface area contributed by atoms with E-state index >= 15 is 0 Å². The van der Waals surface area contributed by atoms with Crippen molar-refractivity contribution in [1.29, 1.82) is 0 Å². The molecule has 2 rings (SSSR count). The van der Waals surface area contributed by atoms with Crippen LogP contribution in [0.15, 0.2) is 18.3 Å². The average Bonchev–Trinajstić information content (AvgIpc) is 3.13. The fraction of sp³-hybridized carbons (Fsp3) is 0.615. The van der Waals surface area contributed by atoms with Crippen molar-refractivity contribution >= 4 is 16.2 Å². The van der Waals surface area contributed by atoms with E-state index in [0.29, 0.717) is 6.54 Å². The van der Waals surface area contributed by atoms with Gasteiger partial charge in [-0.15, -0.1) is 0 Å². The Balaban J connectivity index is 2.09.